The summed E-state index contributed by atoms with van der Waals surface area (Å²) in [7, 11) is 0. The number of nitrogens with zero attached hydrogens (tertiary/aromatic N) is 2. The minimum absolute atomic E-state index is 0.0567. The summed E-state index contributed by atoms with van der Waals surface area (Å²) in [6.07, 6.45) is 1.24. The third-order valence-electron chi connectivity index (χ3n) is 3.26. The molecule has 0 unspecified atom stereocenters. The molecule has 7 nitrogen and oxygen atoms in total. The van der Waals surface area contributed by atoms with E-state index in [0.29, 0.717) is 0 Å². The van der Waals surface area contributed by atoms with Crippen molar-refractivity contribution in [3.8, 4) is 0 Å². The Labute approximate surface area is 107 Å². The molecule has 102 valence electrons. The highest BCUT2D eigenvalue weighted by atomic mass is 19.1. The molecule has 1 aliphatic rings. The normalized spacial score (nSPS) is 22.5. The lowest BCUT2D eigenvalue weighted by Crippen LogP contribution is -2.38. The Morgan fingerprint density at radius 1 is 1.58 bits per heavy atom. The molecule has 2 rings (SSSR count). The van der Waals surface area contributed by atoms with E-state index in [1.165, 1.54) is 11.1 Å². The Morgan fingerprint density at radius 3 is 2.84 bits per heavy atom. The smallest absolute Gasteiger partial charge is 0.314 e. The van der Waals surface area contributed by atoms with Crippen LogP contribution < -0.4 is 5.56 Å². The molecule has 2 heterocycles. The van der Waals surface area contributed by atoms with Gasteiger partial charge in [-0.1, -0.05) is 0 Å². The maximum Gasteiger partial charge on any atom is 0.314 e. The Morgan fingerprint density at radius 2 is 2.32 bits per heavy atom. The quantitative estimate of drug-likeness (QED) is 0.781. The Kier molecular flexibility index (Phi) is 3.32. The summed E-state index contributed by atoms with van der Waals surface area (Å²) in [6, 6.07) is 1.07. The molecule has 1 aromatic rings. The van der Waals surface area contributed by atoms with Crippen LogP contribution in [0, 0.1) is 5.41 Å². The molecule has 0 spiro atoms. The summed E-state index contributed by atoms with van der Waals surface area (Å²) in [5.74, 6) is -1.77. The van der Waals surface area contributed by atoms with Gasteiger partial charge in [-0.25, -0.2) is 9.49 Å². The molecule has 0 aliphatic carbocycles. The minimum Gasteiger partial charge on any atom is -0.481 e. The van der Waals surface area contributed by atoms with Gasteiger partial charge in [-0.3, -0.25) is 14.4 Å². The fourth-order valence-electron chi connectivity index (χ4n) is 2.06. The third kappa shape index (κ3) is 2.33. The first kappa shape index (κ1) is 13.2. The Balaban J connectivity index is 2.19. The van der Waals surface area contributed by atoms with E-state index in [-0.39, 0.29) is 25.1 Å². The molecule has 0 bridgehead atoms. The first-order chi connectivity index (χ1) is 8.98. The molecule has 0 radical (unpaired) electrons. The molecule has 1 amide bonds. The van der Waals surface area contributed by atoms with E-state index >= 15 is 0 Å². The molecule has 0 aromatic carbocycles. The zero-order chi connectivity index (χ0) is 14.0. The van der Waals surface area contributed by atoms with Crippen LogP contribution in [-0.4, -0.2) is 51.8 Å². The number of aromatic nitrogens is 2. The van der Waals surface area contributed by atoms with Crippen LogP contribution in [0.3, 0.4) is 0 Å². The molecule has 1 saturated heterocycles. The first-order valence-corrected chi connectivity index (χ1v) is 5.62. The van der Waals surface area contributed by atoms with Crippen molar-refractivity contribution in [2.75, 3.05) is 19.8 Å². The monoisotopic (exact) mass is 269 g/mol. The van der Waals surface area contributed by atoms with Gasteiger partial charge >= 0.3 is 5.97 Å². The number of rotatable bonds is 3. The van der Waals surface area contributed by atoms with Crippen LogP contribution in [0.2, 0.25) is 0 Å². The van der Waals surface area contributed by atoms with Crippen molar-refractivity contribution >= 4 is 11.9 Å². The highest BCUT2D eigenvalue weighted by molar-refractivity contribution is 5.94. The van der Waals surface area contributed by atoms with Crippen molar-refractivity contribution in [1.82, 2.24) is 15.1 Å². The third-order valence-corrected chi connectivity index (χ3v) is 3.26. The lowest BCUT2D eigenvalue weighted by Gasteiger charge is -2.21. The van der Waals surface area contributed by atoms with Crippen molar-refractivity contribution in [1.29, 1.82) is 0 Å². The van der Waals surface area contributed by atoms with Crippen LogP contribution >= 0.6 is 0 Å². The number of hydrogen-bond donors (Lipinski definition) is 2. The second-order valence-electron chi connectivity index (χ2n) is 4.53. The van der Waals surface area contributed by atoms with Gasteiger partial charge in [0, 0.05) is 19.2 Å². The standard InChI is InChI=1S/C11H12FN3O4/c12-5-11(10(18)19)1-2-15(6-11)9(17)7-3-8(16)14-13-4-7/h3-4H,1-2,5-6H2,(H,14,16)(H,18,19)/t11-/m0/s1. The van der Waals surface area contributed by atoms with Gasteiger partial charge in [0.1, 0.15) is 12.1 Å². The number of carbonyl (C=O) groups excluding carboxylic acids is 1. The van der Waals surface area contributed by atoms with Crippen LogP contribution in [0.15, 0.2) is 17.1 Å². The van der Waals surface area contributed by atoms with Crippen molar-refractivity contribution in [2.45, 2.75) is 6.42 Å². The first-order valence-electron chi connectivity index (χ1n) is 5.62. The SMILES string of the molecule is O=C(c1cn[nH]c(=O)c1)N1CC[C@@](CF)(C(=O)O)C1. The Bertz CT molecular complexity index is 573. The van der Waals surface area contributed by atoms with Crippen molar-refractivity contribution in [3.05, 3.63) is 28.2 Å². The van der Waals surface area contributed by atoms with Gasteiger partial charge < -0.3 is 10.0 Å². The summed E-state index contributed by atoms with van der Waals surface area (Å²) < 4.78 is 12.9. The molecule has 1 aliphatic heterocycles. The van der Waals surface area contributed by atoms with E-state index in [1.54, 1.807) is 0 Å². The zero-order valence-electron chi connectivity index (χ0n) is 9.93. The lowest BCUT2D eigenvalue weighted by atomic mass is 9.89. The van der Waals surface area contributed by atoms with E-state index in [4.69, 9.17) is 5.11 Å². The number of carbonyl (C=O) groups is 2. The van der Waals surface area contributed by atoms with E-state index < -0.39 is 29.5 Å². The van der Waals surface area contributed by atoms with Gasteiger partial charge in [-0.05, 0) is 6.42 Å². The predicted molar refractivity (Wildman–Crippen MR) is 61.4 cm³/mol. The van der Waals surface area contributed by atoms with Crippen LogP contribution in [0.5, 0.6) is 0 Å². The summed E-state index contributed by atoms with van der Waals surface area (Å²) in [4.78, 5) is 35.4. The van der Waals surface area contributed by atoms with Crippen LogP contribution in [0.1, 0.15) is 16.8 Å². The summed E-state index contributed by atoms with van der Waals surface area (Å²) in [5, 5.41) is 14.7. The van der Waals surface area contributed by atoms with E-state index in [9.17, 15) is 18.8 Å². The number of carboxylic acids is 1. The molecule has 19 heavy (non-hydrogen) atoms. The lowest BCUT2D eigenvalue weighted by molar-refractivity contribution is -0.149. The van der Waals surface area contributed by atoms with Crippen molar-refractivity contribution in [2.24, 2.45) is 5.41 Å². The van der Waals surface area contributed by atoms with E-state index in [2.05, 4.69) is 10.2 Å². The maximum atomic E-state index is 12.9. The number of aromatic amines is 1. The minimum atomic E-state index is -1.54. The van der Waals surface area contributed by atoms with Crippen LogP contribution in [0.25, 0.3) is 0 Å². The van der Waals surface area contributed by atoms with Crippen molar-refractivity contribution in [3.63, 3.8) is 0 Å². The number of halogens is 1. The topological polar surface area (TPSA) is 103 Å². The van der Waals surface area contributed by atoms with Gasteiger partial charge in [-0.15, -0.1) is 0 Å². The highest BCUT2D eigenvalue weighted by Crippen LogP contribution is 2.32. The largest absolute Gasteiger partial charge is 0.481 e. The Hall–Kier alpha value is -2.25. The molecule has 8 heteroatoms. The van der Waals surface area contributed by atoms with Crippen LogP contribution in [-0.2, 0) is 4.79 Å². The van der Waals surface area contributed by atoms with Gasteiger partial charge in [0.25, 0.3) is 11.5 Å². The molecular weight excluding hydrogens is 257 g/mol. The predicted octanol–water partition coefficient (Wildman–Crippen LogP) is -0.344. The summed E-state index contributed by atoms with van der Waals surface area (Å²) in [5.41, 5.74) is -2.01. The average molecular weight is 269 g/mol. The fourth-order valence-corrected chi connectivity index (χ4v) is 2.06. The van der Waals surface area contributed by atoms with Crippen LogP contribution in [0.4, 0.5) is 4.39 Å². The van der Waals surface area contributed by atoms with Gasteiger partial charge in [0.05, 0.1) is 11.8 Å². The summed E-state index contributed by atoms with van der Waals surface area (Å²) in [6.45, 7) is -1.09. The van der Waals surface area contributed by atoms with E-state index in [1.807, 2.05) is 0 Å². The molecule has 0 saturated carbocycles. The second-order valence-corrected chi connectivity index (χ2v) is 4.53. The number of likely N-dealkylation sites (tertiary alicyclic amines) is 1. The molecule has 1 fully saturated rings. The molecule has 1 aromatic heterocycles. The number of aliphatic carboxylic acids is 1. The number of H-pyrrole nitrogens is 1. The zero-order valence-corrected chi connectivity index (χ0v) is 9.93. The fraction of sp³-hybridized carbons (Fsp3) is 0.455. The van der Waals surface area contributed by atoms with Gasteiger partial charge in [0.2, 0.25) is 0 Å². The number of nitrogens with one attached hydrogen (secondary N) is 1. The van der Waals surface area contributed by atoms with Gasteiger partial charge in [0.15, 0.2) is 0 Å². The second kappa shape index (κ2) is 4.79. The number of alkyl halides is 1. The summed E-state index contributed by atoms with van der Waals surface area (Å²) >= 11 is 0. The average Bonchev–Trinajstić information content (AvgIpc) is 2.83. The number of carboxylic acid groups (broad SMARTS) is 1. The number of amides is 1. The molecular formula is C11H12FN3O4. The molecule has 2 N–H and O–H groups in total. The molecule has 1 atom stereocenters. The highest BCUT2D eigenvalue weighted by Gasteiger charge is 2.46. The van der Waals surface area contributed by atoms with Crippen molar-refractivity contribution < 1.29 is 19.1 Å². The van der Waals surface area contributed by atoms with E-state index in [0.717, 1.165) is 6.07 Å². The van der Waals surface area contributed by atoms with Gasteiger partial charge in [-0.2, -0.15) is 5.10 Å². The number of hydrogen-bond acceptors (Lipinski definition) is 4. The maximum absolute atomic E-state index is 12.9.